The molecule has 2 rings (SSSR count). The van der Waals surface area contributed by atoms with Gasteiger partial charge in [0.25, 0.3) is 0 Å². The second-order valence-corrected chi connectivity index (χ2v) is 4.59. The Morgan fingerprint density at radius 3 is 2.69 bits per heavy atom. The summed E-state index contributed by atoms with van der Waals surface area (Å²) >= 11 is 3.39. The highest BCUT2D eigenvalue weighted by Gasteiger charge is 2.09. The van der Waals surface area contributed by atoms with E-state index in [9.17, 15) is 0 Å². The fourth-order valence-corrected chi connectivity index (χ4v) is 2.04. The molecule has 0 saturated heterocycles. The van der Waals surface area contributed by atoms with Crippen molar-refractivity contribution in [2.24, 2.45) is 5.73 Å². The zero-order chi connectivity index (χ0) is 11.7. The van der Waals surface area contributed by atoms with Crippen molar-refractivity contribution in [1.29, 1.82) is 0 Å². The van der Waals surface area contributed by atoms with Crippen molar-refractivity contribution in [2.75, 3.05) is 0 Å². The number of pyridine rings is 1. The van der Waals surface area contributed by atoms with Gasteiger partial charge in [-0.2, -0.15) is 5.10 Å². The SMILES string of the molecule is Cc1cc(C)n(-c2ncc(Br)cc2CN)n1. The molecule has 16 heavy (non-hydrogen) atoms. The van der Waals surface area contributed by atoms with Gasteiger partial charge in [0.2, 0.25) is 0 Å². The standard InChI is InChI=1S/C11H13BrN4/c1-7-3-8(2)16(15-7)11-9(5-13)4-10(12)6-14-11/h3-4,6H,5,13H2,1-2H3. The smallest absolute Gasteiger partial charge is 0.158 e. The van der Waals surface area contributed by atoms with Crippen molar-refractivity contribution < 1.29 is 0 Å². The van der Waals surface area contributed by atoms with Gasteiger partial charge in [0.15, 0.2) is 5.82 Å². The van der Waals surface area contributed by atoms with Gasteiger partial charge in [-0.05, 0) is 41.9 Å². The normalized spacial score (nSPS) is 10.8. The third-order valence-electron chi connectivity index (χ3n) is 2.34. The molecular weight excluding hydrogens is 268 g/mol. The van der Waals surface area contributed by atoms with Crippen LogP contribution >= 0.6 is 15.9 Å². The minimum absolute atomic E-state index is 0.445. The van der Waals surface area contributed by atoms with E-state index in [0.717, 1.165) is 27.2 Å². The summed E-state index contributed by atoms with van der Waals surface area (Å²) in [5.41, 5.74) is 8.72. The molecule has 2 aromatic rings. The zero-order valence-electron chi connectivity index (χ0n) is 9.24. The van der Waals surface area contributed by atoms with Gasteiger partial charge >= 0.3 is 0 Å². The van der Waals surface area contributed by atoms with Crippen LogP contribution in [0.2, 0.25) is 0 Å². The van der Waals surface area contributed by atoms with Gasteiger partial charge in [0.05, 0.1) is 5.69 Å². The largest absolute Gasteiger partial charge is 0.326 e. The van der Waals surface area contributed by atoms with Crippen molar-refractivity contribution in [3.05, 3.63) is 39.8 Å². The molecule has 0 unspecified atom stereocenters. The van der Waals surface area contributed by atoms with E-state index in [4.69, 9.17) is 5.73 Å². The molecule has 0 bridgehead atoms. The maximum atomic E-state index is 5.71. The van der Waals surface area contributed by atoms with Gasteiger partial charge in [-0.25, -0.2) is 9.67 Å². The van der Waals surface area contributed by atoms with Crippen molar-refractivity contribution in [2.45, 2.75) is 20.4 Å². The van der Waals surface area contributed by atoms with Crippen LogP contribution in [-0.4, -0.2) is 14.8 Å². The first-order valence-electron chi connectivity index (χ1n) is 5.00. The molecule has 0 atom stereocenters. The Labute approximate surface area is 103 Å². The molecule has 84 valence electrons. The van der Waals surface area contributed by atoms with Gasteiger partial charge in [-0.1, -0.05) is 0 Å². The van der Waals surface area contributed by atoms with E-state index in [0.29, 0.717) is 6.54 Å². The summed E-state index contributed by atoms with van der Waals surface area (Å²) in [6, 6.07) is 3.99. The fraction of sp³-hybridized carbons (Fsp3) is 0.273. The predicted molar refractivity (Wildman–Crippen MR) is 66.4 cm³/mol. The zero-order valence-corrected chi connectivity index (χ0v) is 10.8. The number of hydrogen-bond acceptors (Lipinski definition) is 3. The highest BCUT2D eigenvalue weighted by Crippen LogP contribution is 2.18. The lowest BCUT2D eigenvalue weighted by Gasteiger charge is -2.08. The maximum absolute atomic E-state index is 5.71. The van der Waals surface area contributed by atoms with Gasteiger partial charge in [0.1, 0.15) is 0 Å². The Balaban J connectivity index is 2.59. The Bertz CT molecular complexity index is 519. The molecular formula is C11H13BrN4. The van der Waals surface area contributed by atoms with Crippen molar-refractivity contribution in [3.63, 3.8) is 0 Å². The lowest BCUT2D eigenvalue weighted by atomic mass is 10.2. The summed E-state index contributed by atoms with van der Waals surface area (Å²) in [6.45, 7) is 4.41. The van der Waals surface area contributed by atoms with Crippen molar-refractivity contribution in [3.8, 4) is 5.82 Å². The fourth-order valence-electron chi connectivity index (χ4n) is 1.66. The molecule has 2 heterocycles. The van der Waals surface area contributed by atoms with E-state index < -0.39 is 0 Å². The minimum atomic E-state index is 0.445. The molecule has 5 heteroatoms. The molecule has 0 saturated carbocycles. The molecule has 2 N–H and O–H groups in total. The highest BCUT2D eigenvalue weighted by atomic mass is 79.9. The van der Waals surface area contributed by atoms with Crippen LogP contribution in [-0.2, 0) is 6.54 Å². The molecule has 0 radical (unpaired) electrons. The quantitative estimate of drug-likeness (QED) is 0.917. The monoisotopic (exact) mass is 280 g/mol. The lowest BCUT2D eigenvalue weighted by Crippen LogP contribution is -2.09. The third kappa shape index (κ3) is 2.01. The number of halogens is 1. The number of hydrogen-bond donors (Lipinski definition) is 1. The lowest BCUT2D eigenvalue weighted by molar-refractivity contribution is 0.788. The summed E-state index contributed by atoms with van der Waals surface area (Å²) < 4.78 is 2.75. The second kappa shape index (κ2) is 4.35. The van der Waals surface area contributed by atoms with Crippen LogP contribution in [0, 0.1) is 13.8 Å². The van der Waals surface area contributed by atoms with Crippen LogP contribution in [0.15, 0.2) is 22.8 Å². The first-order chi connectivity index (χ1) is 7.61. The van der Waals surface area contributed by atoms with Crippen LogP contribution in [0.25, 0.3) is 5.82 Å². The molecule has 0 amide bonds. The topological polar surface area (TPSA) is 56.7 Å². The Kier molecular flexibility index (Phi) is 3.07. The number of aromatic nitrogens is 3. The average molecular weight is 281 g/mol. The molecule has 0 fully saturated rings. The highest BCUT2D eigenvalue weighted by molar-refractivity contribution is 9.10. The summed E-state index contributed by atoms with van der Waals surface area (Å²) in [6.07, 6.45) is 1.75. The number of rotatable bonds is 2. The summed E-state index contributed by atoms with van der Waals surface area (Å²) in [5, 5.41) is 4.40. The average Bonchev–Trinajstić information content (AvgIpc) is 2.57. The Morgan fingerprint density at radius 2 is 2.12 bits per heavy atom. The predicted octanol–water partition coefficient (Wildman–Crippen LogP) is 2.11. The molecule has 0 spiro atoms. The molecule has 0 aliphatic heterocycles. The Morgan fingerprint density at radius 1 is 1.38 bits per heavy atom. The Hall–Kier alpha value is -1.20. The van der Waals surface area contributed by atoms with Crippen LogP contribution in [0.5, 0.6) is 0 Å². The van der Waals surface area contributed by atoms with Gasteiger partial charge in [-0.3, -0.25) is 0 Å². The van der Waals surface area contributed by atoms with E-state index in [2.05, 4.69) is 26.0 Å². The summed E-state index contributed by atoms with van der Waals surface area (Å²) in [4.78, 5) is 4.37. The summed E-state index contributed by atoms with van der Waals surface area (Å²) in [5.74, 6) is 0.802. The molecule has 0 aliphatic carbocycles. The first-order valence-corrected chi connectivity index (χ1v) is 5.79. The van der Waals surface area contributed by atoms with Gasteiger partial charge in [-0.15, -0.1) is 0 Å². The number of nitrogens with two attached hydrogens (primary N) is 1. The van der Waals surface area contributed by atoms with E-state index in [1.54, 1.807) is 6.20 Å². The van der Waals surface area contributed by atoms with Crippen molar-refractivity contribution >= 4 is 15.9 Å². The number of aryl methyl sites for hydroxylation is 2. The van der Waals surface area contributed by atoms with E-state index >= 15 is 0 Å². The third-order valence-corrected chi connectivity index (χ3v) is 2.77. The molecule has 0 aliphatic rings. The number of nitrogens with zero attached hydrogens (tertiary/aromatic N) is 3. The second-order valence-electron chi connectivity index (χ2n) is 3.68. The molecule has 2 aromatic heterocycles. The van der Waals surface area contributed by atoms with E-state index in [-0.39, 0.29) is 0 Å². The van der Waals surface area contributed by atoms with E-state index in [1.165, 1.54) is 0 Å². The van der Waals surface area contributed by atoms with Gasteiger partial charge in [0, 0.05) is 28.5 Å². The summed E-state index contributed by atoms with van der Waals surface area (Å²) in [7, 11) is 0. The van der Waals surface area contributed by atoms with Crippen LogP contribution in [0.4, 0.5) is 0 Å². The molecule has 0 aromatic carbocycles. The van der Waals surface area contributed by atoms with E-state index in [1.807, 2.05) is 30.7 Å². The van der Waals surface area contributed by atoms with Crippen LogP contribution in [0.3, 0.4) is 0 Å². The van der Waals surface area contributed by atoms with Crippen LogP contribution < -0.4 is 5.73 Å². The van der Waals surface area contributed by atoms with Crippen molar-refractivity contribution in [1.82, 2.24) is 14.8 Å². The minimum Gasteiger partial charge on any atom is -0.326 e. The van der Waals surface area contributed by atoms with Crippen LogP contribution in [0.1, 0.15) is 17.0 Å². The molecule has 4 nitrogen and oxygen atoms in total. The first kappa shape index (κ1) is 11.3. The maximum Gasteiger partial charge on any atom is 0.158 e. The van der Waals surface area contributed by atoms with Gasteiger partial charge < -0.3 is 5.73 Å².